The van der Waals surface area contributed by atoms with Gasteiger partial charge in [-0.3, -0.25) is 4.79 Å². The standard InChI is InChI=1S/C19H28N6O2/c1-13(26)20-9-15-3-2-5-24(10-15)18-17-19(22-11-21-18)25(12-23-17)6-4-14-7-16(27)8-14/h11-12,14-16,27H,2-10H2,1H3,(H,20,26). The number of aliphatic hydroxyl groups is 1. The molecular formula is C19H28N6O2. The highest BCUT2D eigenvalue weighted by molar-refractivity contribution is 5.83. The lowest BCUT2D eigenvalue weighted by Gasteiger charge is -2.33. The highest BCUT2D eigenvalue weighted by Gasteiger charge is 2.27. The Morgan fingerprint density at radius 3 is 2.93 bits per heavy atom. The van der Waals surface area contributed by atoms with Crippen LogP contribution in [0.4, 0.5) is 5.82 Å². The van der Waals surface area contributed by atoms with E-state index in [1.807, 2.05) is 6.33 Å². The van der Waals surface area contributed by atoms with E-state index < -0.39 is 0 Å². The highest BCUT2D eigenvalue weighted by Crippen LogP contribution is 2.31. The second-order valence-electron chi connectivity index (χ2n) is 7.98. The van der Waals surface area contributed by atoms with Crippen LogP contribution in [0.3, 0.4) is 0 Å². The van der Waals surface area contributed by atoms with E-state index in [4.69, 9.17) is 0 Å². The molecule has 1 unspecified atom stereocenters. The number of carbonyl (C=O) groups is 1. The molecule has 0 bridgehead atoms. The maximum absolute atomic E-state index is 11.2. The highest BCUT2D eigenvalue weighted by atomic mass is 16.3. The van der Waals surface area contributed by atoms with E-state index in [0.29, 0.717) is 18.4 Å². The van der Waals surface area contributed by atoms with Crippen molar-refractivity contribution in [1.29, 1.82) is 0 Å². The summed E-state index contributed by atoms with van der Waals surface area (Å²) in [6.07, 6.45) is 8.45. The number of rotatable bonds is 6. The molecule has 8 nitrogen and oxygen atoms in total. The van der Waals surface area contributed by atoms with Crippen molar-refractivity contribution in [1.82, 2.24) is 24.8 Å². The van der Waals surface area contributed by atoms with Gasteiger partial charge >= 0.3 is 0 Å². The molecule has 146 valence electrons. The van der Waals surface area contributed by atoms with Crippen LogP contribution in [0.2, 0.25) is 0 Å². The molecule has 2 fully saturated rings. The molecule has 1 aliphatic heterocycles. The molecule has 0 radical (unpaired) electrons. The van der Waals surface area contributed by atoms with Crippen LogP contribution in [0, 0.1) is 11.8 Å². The Hall–Kier alpha value is -2.22. The molecule has 2 aromatic rings. The Balaban J connectivity index is 1.46. The van der Waals surface area contributed by atoms with Crippen molar-refractivity contribution in [3.8, 4) is 0 Å². The summed E-state index contributed by atoms with van der Waals surface area (Å²) in [6.45, 7) is 4.97. The van der Waals surface area contributed by atoms with Crippen molar-refractivity contribution in [2.45, 2.75) is 51.7 Å². The number of aromatic nitrogens is 4. The van der Waals surface area contributed by atoms with Crippen molar-refractivity contribution in [2.75, 3.05) is 24.5 Å². The molecule has 1 atom stereocenters. The van der Waals surface area contributed by atoms with Crippen LogP contribution in [-0.2, 0) is 11.3 Å². The number of amides is 1. The molecule has 1 saturated carbocycles. The summed E-state index contributed by atoms with van der Waals surface area (Å²) in [5.74, 6) is 1.95. The first kappa shape index (κ1) is 18.2. The number of nitrogens with zero attached hydrogens (tertiary/aromatic N) is 5. The number of fused-ring (bicyclic) bond motifs is 1. The van der Waals surface area contributed by atoms with Crippen LogP contribution in [0.25, 0.3) is 11.2 Å². The van der Waals surface area contributed by atoms with Crippen molar-refractivity contribution in [3.05, 3.63) is 12.7 Å². The fourth-order valence-electron chi connectivity index (χ4n) is 4.23. The third kappa shape index (κ3) is 4.05. The van der Waals surface area contributed by atoms with Crippen LogP contribution in [-0.4, -0.2) is 56.3 Å². The minimum atomic E-state index is -0.104. The van der Waals surface area contributed by atoms with Crippen molar-refractivity contribution in [3.63, 3.8) is 0 Å². The zero-order valence-corrected chi connectivity index (χ0v) is 15.8. The summed E-state index contributed by atoms with van der Waals surface area (Å²) in [4.78, 5) is 27.1. The SMILES string of the molecule is CC(=O)NCC1CCCN(c2ncnc3c2ncn3CCC2CC(O)C2)C1. The predicted molar refractivity (Wildman–Crippen MR) is 102 cm³/mol. The molecule has 1 saturated heterocycles. The number of anilines is 1. The van der Waals surface area contributed by atoms with E-state index in [0.717, 1.165) is 68.7 Å². The van der Waals surface area contributed by atoms with Gasteiger partial charge in [0.25, 0.3) is 0 Å². The molecule has 0 aromatic carbocycles. The lowest BCUT2D eigenvalue weighted by atomic mass is 9.80. The number of aliphatic hydroxyl groups excluding tert-OH is 1. The Labute approximate surface area is 159 Å². The van der Waals surface area contributed by atoms with E-state index in [-0.39, 0.29) is 12.0 Å². The van der Waals surface area contributed by atoms with Gasteiger partial charge in [-0.2, -0.15) is 0 Å². The molecule has 2 aliphatic rings. The number of carbonyl (C=O) groups excluding carboxylic acids is 1. The van der Waals surface area contributed by atoms with Gasteiger partial charge in [-0.25, -0.2) is 15.0 Å². The van der Waals surface area contributed by atoms with Gasteiger partial charge in [-0.1, -0.05) is 0 Å². The van der Waals surface area contributed by atoms with E-state index in [1.165, 1.54) is 0 Å². The maximum atomic E-state index is 11.2. The third-order valence-corrected chi connectivity index (χ3v) is 5.83. The molecule has 2 N–H and O–H groups in total. The van der Waals surface area contributed by atoms with Crippen LogP contribution in [0.1, 0.15) is 39.0 Å². The first-order valence-corrected chi connectivity index (χ1v) is 9.93. The van der Waals surface area contributed by atoms with Gasteiger partial charge < -0.3 is 19.9 Å². The molecule has 1 aliphatic carbocycles. The molecule has 1 amide bonds. The van der Waals surface area contributed by atoms with Crippen molar-refractivity contribution < 1.29 is 9.90 Å². The zero-order chi connectivity index (χ0) is 18.8. The van der Waals surface area contributed by atoms with Crippen LogP contribution >= 0.6 is 0 Å². The summed E-state index contributed by atoms with van der Waals surface area (Å²) < 4.78 is 2.10. The van der Waals surface area contributed by atoms with E-state index >= 15 is 0 Å². The van der Waals surface area contributed by atoms with E-state index in [9.17, 15) is 9.90 Å². The molecule has 0 spiro atoms. The molecule has 4 rings (SSSR count). The number of hydrogen-bond donors (Lipinski definition) is 2. The topological polar surface area (TPSA) is 96.2 Å². The van der Waals surface area contributed by atoms with Crippen LogP contribution in [0.15, 0.2) is 12.7 Å². The molecule has 27 heavy (non-hydrogen) atoms. The average molecular weight is 372 g/mol. The number of nitrogens with one attached hydrogen (secondary N) is 1. The third-order valence-electron chi connectivity index (χ3n) is 5.83. The van der Waals surface area contributed by atoms with Crippen LogP contribution in [0.5, 0.6) is 0 Å². The minimum Gasteiger partial charge on any atom is -0.393 e. The van der Waals surface area contributed by atoms with Gasteiger partial charge in [0.2, 0.25) is 5.91 Å². The first-order valence-electron chi connectivity index (χ1n) is 9.93. The Morgan fingerprint density at radius 2 is 2.15 bits per heavy atom. The Kier molecular flexibility index (Phi) is 5.24. The van der Waals surface area contributed by atoms with Gasteiger partial charge in [0.15, 0.2) is 17.0 Å². The minimum absolute atomic E-state index is 0.0225. The lowest BCUT2D eigenvalue weighted by molar-refractivity contribution is -0.119. The summed E-state index contributed by atoms with van der Waals surface area (Å²) in [5.41, 5.74) is 1.73. The zero-order valence-electron chi connectivity index (χ0n) is 15.8. The molecule has 2 aromatic heterocycles. The fourth-order valence-corrected chi connectivity index (χ4v) is 4.23. The molecule has 3 heterocycles. The summed E-state index contributed by atoms with van der Waals surface area (Å²) in [7, 11) is 0. The molecular weight excluding hydrogens is 344 g/mol. The quantitative estimate of drug-likeness (QED) is 0.794. The second kappa shape index (κ2) is 7.80. The van der Waals surface area contributed by atoms with Gasteiger partial charge in [-0.15, -0.1) is 0 Å². The first-order chi connectivity index (χ1) is 13.1. The molecule has 8 heteroatoms. The largest absolute Gasteiger partial charge is 0.393 e. The second-order valence-corrected chi connectivity index (χ2v) is 7.98. The summed E-state index contributed by atoms with van der Waals surface area (Å²) in [5, 5.41) is 12.4. The van der Waals surface area contributed by atoms with Crippen molar-refractivity contribution in [2.24, 2.45) is 11.8 Å². The average Bonchev–Trinajstić information content (AvgIpc) is 3.06. The van der Waals surface area contributed by atoms with Gasteiger partial charge in [0.1, 0.15) is 6.33 Å². The summed E-state index contributed by atoms with van der Waals surface area (Å²) >= 11 is 0. The number of aryl methyl sites for hydroxylation is 1. The number of imidazole rings is 1. The lowest BCUT2D eigenvalue weighted by Crippen LogP contribution is -2.41. The maximum Gasteiger partial charge on any atom is 0.216 e. The van der Waals surface area contributed by atoms with Gasteiger partial charge in [-0.05, 0) is 43.9 Å². The predicted octanol–water partition coefficient (Wildman–Crippen LogP) is 1.34. The Bertz CT molecular complexity index is 801. The van der Waals surface area contributed by atoms with Gasteiger partial charge in [0, 0.05) is 33.1 Å². The fraction of sp³-hybridized carbons (Fsp3) is 0.684. The smallest absolute Gasteiger partial charge is 0.216 e. The summed E-state index contributed by atoms with van der Waals surface area (Å²) in [6, 6.07) is 0. The van der Waals surface area contributed by atoms with Crippen LogP contribution < -0.4 is 10.2 Å². The number of piperidine rings is 1. The number of hydrogen-bond acceptors (Lipinski definition) is 6. The van der Waals surface area contributed by atoms with Gasteiger partial charge in [0.05, 0.1) is 12.4 Å². The monoisotopic (exact) mass is 372 g/mol. The van der Waals surface area contributed by atoms with Crippen molar-refractivity contribution >= 4 is 22.9 Å². The van der Waals surface area contributed by atoms with E-state index in [2.05, 4.69) is 29.7 Å². The Morgan fingerprint density at radius 1 is 1.30 bits per heavy atom. The van der Waals surface area contributed by atoms with E-state index in [1.54, 1.807) is 13.3 Å². The normalized spacial score (nSPS) is 25.4.